The Kier molecular flexibility index (Phi) is 11.2. The van der Waals surface area contributed by atoms with Crippen molar-refractivity contribution in [2.24, 2.45) is 0 Å². The minimum Gasteiger partial charge on any atom is -0.497 e. The molecule has 13 heteroatoms. The van der Waals surface area contributed by atoms with E-state index in [4.69, 9.17) is 34.1 Å². The highest BCUT2D eigenvalue weighted by Gasteiger charge is 2.30. The summed E-state index contributed by atoms with van der Waals surface area (Å²) in [4.78, 5) is 44.3. The van der Waals surface area contributed by atoms with Crippen LogP contribution >= 0.6 is 0 Å². The summed E-state index contributed by atoms with van der Waals surface area (Å²) in [6.07, 6.45) is 7.92. The number of rotatable bonds is 13. The maximum absolute atomic E-state index is 13.4. The van der Waals surface area contributed by atoms with Gasteiger partial charge >= 0.3 is 0 Å². The van der Waals surface area contributed by atoms with Gasteiger partial charge in [-0.15, -0.1) is 0 Å². The molecule has 2 aliphatic rings. The van der Waals surface area contributed by atoms with Crippen molar-refractivity contribution in [2.75, 3.05) is 61.8 Å². The molecule has 0 unspecified atom stereocenters. The van der Waals surface area contributed by atoms with Crippen LogP contribution in [0, 0.1) is 6.92 Å². The van der Waals surface area contributed by atoms with Crippen molar-refractivity contribution in [3.63, 3.8) is 0 Å². The molecule has 1 saturated heterocycles. The standard InChI is InChI=1S/C44H45N9O4/c1-30-6-11-34(42(54)46-25-33-5-4-17-45-24-33)23-39(30)53-18-16-38-40(49-44(50-41(38)53)51-19-21-57-22-20-51)35-26-47-43(48-27-35)52(28-31-7-12-36(55-2)13-8-31)29-32-9-14-37(56-3)15-10-32/h4-15,17,23-24,26-27H,16,18-22,25,28-29H2,1-3H3,(H,46,54). The molecule has 6 aromatic rings. The molecular weight excluding hydrogens is 719 g/mol. The molecule has 1 N–H and O–H groups in total. The van der Waals surface area contributed by atoms with Crippen molar-refractivity contribution in [2.45, 2.75) is 33.0 Å². The monoisotopic (exact) mass is 763 g/mol. The summed E-state index contributed by atoms with van der Waals surface area (Å²) < 4.78 is 16.5. The molecule has 13 nitrogen and oxygen atoms in total. The Morgan fingerprint density at radius 3 is 2.14 bits per heavy atom. The number of hydrogen-bond donors (Lipinski definition) is 1. The van der Waals surface area contributed by atoms with E-state index in [1.54, 1.807) is 26.6 Å². The molecule has 0 aliphatic carbocycles. The highest BCUT2D eigenvalue weighted by atomic mass is 16.5. The number of anilines is 4. The molecule has 0 saturated carbocycles. The summed E-state index contributed by atoms with van der Waals surface area (Å²) in [7, 11) is 3.33. The molecule has 0 bridgehead atoms. The molecule has 0 spiro atoms. The minimum absolute atomic E-state index is 0.151. The van der Waals surface area contributed by atoms with Crippen molar-refractivity contribution in [3.8, 4) is 22.8 Å². The molecule has 3 aromatic heterocycles. The van der Waals surface area contributed by atoms with Crippen LogP contribution in [-0.2, 0) is 30.8 Å². The molecular formula is C44H45N9O4. The molecule has 2 aliphatic heterocycles. The molecule has 8 rings (SSSR count). The van der Waals surface area contributed by atoms with Crippen molar-refractivity contribution in [1.29, 1.82) is 0 Å². The van der Waals surface area contributed by atoms with Gasteiger partial charge in [0.2, 0.25) is 11.9 Å². The van der Waals surface area contributed by atoms with E-state index in [2.05, 4.69) is 56.2 Å². The zero-order valence-corrected chi connectivity index (χ0v) is 32.4. The van der Waals surface area contributed by atoms with E-state index >= 15 is 0 Å². The summed E-state index contributed by atoms with van der Waals surface area (Å²) in [5.41, 5.74) is 8.32. The third-order valence-corrected chi connectivity index (χ3v) is 10.3. The van der Waals surface area contributed by atoms with E-state index in [9.17, 15) is 4.79 Å². The summed E-state index contributed by atoms with van der Waals surface area (Å²) in [6, 6.07) is 25.7. The topological polar surface area (TPSA) is 131 Å². The lowest BCUT2D eigenvalue weighted by molar-refractivity contribution is 0.0951. The average Bonchev–Trinajstić information content (AvgIpc) is 3.70. The summed E-state index contributed by atoms with van der Waals surface area (Å²) >= 11 is 0. The van der Waals surface area contributed by atoms with Gasteiger partial charge in [0, 0.05) is 86.4 Å². The predicted molar refractivity (Wildman–Crippen MR) is 219 cm³/mol. The second-order valence-corrected chi connectivity index (χ2v) is 14.0. The van der Waals surface area contributed by atoms with Crippen LogP contribution in [0.4, 0.5) is 23.4 Å². The highest BCUT2D eigenvalue weighted by Crippen LogP contribution is 2.40. The first-order valence-corrected chi connectivity index (χ1v) is 19.1. The van der Waals surface area contributed by atoms with Gasteiger partial charge < -0.3 is 34.2 Å². The maximum atomic E-state index is 13.4. The van der Waals surface area contributed by atoms with Crippen LogP contribution in [0.25, 0.3) is 11.3 Å². The Hall–Kier alpha value is -6.60. The lowest BCUT2D eigenvalue weighted by Crippen LogP contribution is -2.37. The molecule has 3 aromatic carbocycles. The average molecular weight is 764 g/mol. The second-order valence-electron chi connectivity index (χ2n) is 14.0. The maximum Gasteiger partial charge on any atom is 0.251 e. The number of benzene rings is 3. The fourth-order valence-electron chi connectivity index (χ4n) is 7.16. The summed E-state index contributed by atoms with van der Waals surface area (Å²) in [6.45, 7) is 6.89. The normalized spacial score (nSPS) is 13.6. The van der Waals surface area contributed by atoms with Gasteiger partial charge in [-0.2, -0.15) is 4.98 Å². The largest absolute Gasteiger partial charge is 0.497 e. The molecule has 1 amide bonds. The summed E-state index contributed by atoms with van der Waals surface area (Å²) in [5.74, 6) is 3.51. The molecule has 5 heterocycles. The van der Waals surface area contributed by atoms with Gasteiger partial charge in [0.05, 0.1) is 33.1 Å². The van der Waals surface area contributed by atoms with E-state index < -0.39 is 0 Å². The Labute approximate surface area is 332 Å². The number of nitrogens with zero attached hydrogens (tertiary/aromatic N) is 8. The van der Waals surface area contributed by atoms with Gasteiger partial charge in [-0.1, -0.05) is 36.4 Å². The first kappa shape index (κ1) is 37.3. The number of pyridine rings is 1. The van der Waals surface area contributed by atoms with Crippen molar-refractivity contribution >= 4 is 29.3 Å². The number of aryl methyl sites for hydroxylation is 1. The third-order valence-electron chi connectivity index (χ3n) is 10.3. The van der Waals surface area contributed by atoms with E-state index in [1.807, 2.05) is 67.0 Å². The third kappa shape index (κ3) is 8.48. The predicted octanol–water partition coefficient (Wildman–Crippen LogP) is 6.32. The Bertz CT molecular complexity index is 2250. The quantitative estimate of drug-likeness (QED) is 0.141. The lowest BCUT2D eigenvalue weighted by atomic mass is 10.1. The Morgan fingerprint density at radius 2 is 1.51 bits per heavy atom. The number of carbonyl (C=O) groups is 1. The first-order valence-electron chi connectivity index (χ1n) is 19.1. The smallest absolute Gasteiger partial charge is 0.251 e. The number of aromatic nitrogens is 5. The zero-order valence-electron chi connectivity index (χ0n) is 32.4. The van der Waals surface area contributed by atoms with Gasteiger partial charge in [-0.25, -0.2) is 15.0 Å². The number of morpholine rings is 1. The van der Waals surface area contributed by atoms with Gasteiger partial charge in [0.15, 0.2) is 0 Å². The van der Waals surface area contributed by atoms with Crippen LogP contribution in [0.1, 0.15) is 38.2 Å². The number of ether oxygens (including phenoxy) is 3. The number of carbonyl (C=O) groups excluding carboxylic acids is 1. The van der Waals surface area contributed by atoms with Gasteiger partial charge in [-0.3, -0.25) is 9.78 Å². The molecule has 57 heavy (non-hydrogen) atoms. The highest BCUT2D eigenvalue weighted by molar-refractivity contribution is 5.96. The van der Waals surface area contributed by atoms with E-state index in [-0.39, 0.29) is 5.91 Å². The number of fused-ring (bicyclic) bond motifs is 1. The summed E-state index contributed by atoms with van der Waals surface area (Å²) in [5, 5.41) is 3.03. The Morgan fingerprint density at radius 1 is 0.825 bits per heavy atom. The van der Waals surface area contributed by atoms with E-state index in [0.717, 1.165) is 62.1 Å². The van der Waals surface area contributed by atoms with E-state index in [0.29, 0.717) is 76.4 Å². The number of amides is 1. The lowest BCUT2D eigenvalue weighted by Gasteiger charge is -2.29. The zero-order chi connectivity index (χ0) is 39.1. The van der Waals surface area contributed by atoms with Crippen LogP contribution in [0.3, 0.4) is 0 Å². The van der Waals surface area contributed by atoms with Gasteiger partial charge in [0.25, 0.3) is 5.91 Å². The fourth-order valence-corrected chi connectivity index (χ4v) is 7.16. The molecule has 1 fully saturated rings. The van der Waals surface area contributed by atoms with Gasteiger partial charge in [-0.05, 0) is 78.1 Å². The minimum atomic E-state index is -0.151. The second kappa shape index (κ2) is 17.0. The van der Waals surface area contributed by atoms with Gasteiger partial charge in [0.1, 0.15) is 17.3 Å². The van der Waals surface area contributed by atoms with Crippen molar-refractivity contribution in [1.82, 2.24) is 30.2 Å². The van der Waals surface area contributed by atoms with Crippen LogP contribution in [0.2, 0.25) is 0 Å². The fraction of sp³-hybridized carbons (Fsp3) is 0.273. The number of methoxy groups -OCH3 is 2. The van der Waals surface area contributed by atoms with Crippen LogP contribution in [0.5, 0.6) is 11.5 Å². The van der Waals surface area contributed by atoms with Crippen LogP contribution in [0.15, 0.2) is 104 Å². The Balaban J connectivity index is 1.11. The first-order chi connectivity index (χ1) is 27.9. The molecule has 0 radical (unpaired) electrons. The molecule has 0 atom stereocenters. The van der Waals surface area contributed by atoms with E-state index in [1.165, 1.54) is 0 Å². The van der Waals surface area contributed by atoms with Crippen LogP contribution < -0.4 is 29.5 Å². The molecule has 290 valence electrons. The van der Waals surface area contributed by atoms with Crippen molar-refractivity contribution < 1.29 is 19.0 Å². The number of nitrogens with one attached hydrogen (secondary N) is 1. The SMILES string of the molecule is COc1ccc(CN(Cc2ccc(OC)cc2)c2ncc(-c3nc(N4CCOCC4)nc4c3CCN4c3cc(C(=O)NCc4cccnc4)ccc3C)cn2)cc1. The number of hydrogen-bond acceptors (Lipinski definition) is 12. The van der Waals surface area contributed by atoms with Crippen LogP contribution in [-0.4, -0.2) is 77.9 Å². The van der Waals surface area contributed by atoms with Crippen molar-refractivity contribution in [3.05, 3.63) is 137 Å².